The first-order valence-corrected chi connectivity index (χ1v) is 7.52. The van der Waals surface area contributed by atoms with Crippen molar-refractivity contribution in [2.24, 2.45) is 0 Å². The molecule has 0 N–H and O–H groups in total. The lowest BCUT2D eigenvalue weighted by Gasteiger charge is -2.04. The van der Waals surface area contributed by atoms with Crippen molar-refractivity contribution in [2.75, 3.05) is 0 Å². The van der Waals surface area contributed by atoms with E-state index in [0.717, 1.165) is 5.56 Å². The van der Waals surface area contributed by atoms with E-state index in [1.54, 1.807) is 30.5 Å². The molecule has 4 heteroatoms. The quantitative estimate of drug-likeness (QED) is 0.629. The SMILES string of the molecule is CCC(=O)c1ccc(OCc2ncc(-c3ccccc3)o2)cc1. The van der Waals surface area contributed by atoms with Crippen LogP contribution in [0.3, 0.4) is 0 Å². The lowest BCUT2D eigenvalue weighted by atomic mass is 10.1. The Kier molecular flexibility index (Phi) is 4.52. The highest BCUT2D eigenvalue weighted by molar-refractivity contribution is 5.95. The van der Waals surface area contributed by atoms with Crippen LogP contribution in [0.5, 0.6) is 5.75 Å². The van der Waals surface area contributed by atoms with Gasteiger partial charge in [0, 0.05) is 17.5 Å². The molecule has 0 unspecified atom stereocenters. The Bertz CT molecular complexity index is 776. The van der Waals surface area contributed by atoms with Crippen molar-refractivity contribution in [1.82, 2.24) is 4.98 Å². The van der Waals surface area contributed by atoms with Gasteiger partial charge in [0.1, 0.15) is 5.75 Å². The van der Waals surface area contributed by atoms with Gasteiger partial charge in [-0.2, -0.15) is 0 Å². The van der Waals surface area contributed by atoms with E-state index >= 15 is 0 Å². The zero-order chi connectivity index (χ0) is 16.1. The van der Waals surface area contributed by atoms with Crippen LogP contribution >= 0.6 is 0 Å². The zero-order valence-electron chi connectivity index (χ0n) is 12.9. The molecule has 0 atom stereocenters. The predicted molar refractivity (Wildman–Crippen MR) is 87.3 cm³/mol. The third kappa shape index (κ3) is 3.66. The van der Waals surface area contributed by atoms with Crippen molar-refractivity contribution < 1.29 is 13.9 Å². The van der Waals surface area contributed by atoms with Crippen LogP contribution in [0.4, 0.5) is 0 Å². The number of hydrogen-bond donors (Lipinski definition) is 0. The normalized spacial score (nSPS) is 10.5. The molecule has 0 fully saturated rings. The number of ether oxygens (including phenoxy) is 1. The molecule has 23 heavy (non-hydrogen) atoms. The Labute approximate surface area is 134 Å². The molecule has 1 heterocycles. The first-order chi connectivity index (χ1) is 11.3. The summed E-state index contributed by atoms with van der Waals surface area (Å²) in [7, 11) is 0. The van der Waals surface area contributed by atoms with Gasteiger partial charge in [0.05, 0.1) is 6.20 Å². The van der Waals surface area contributed by atoms with Gasteiger partial charge in [-0.3, -0.25) is 4.79 Å². The summed E-state index contributed by atoms with van der Waals surface area (Å²) in [5.74, 6) is 2.03. The van der Waals surface area contributed by atoms with Crippen LogP contribution < -0.4 is 4.74 Å². The fourth-order valence-corrected chi connectivity index (χ4v) is 2.20. The van der Waals surface area contributed by atoms with Crippen molar-refractivity contribution in [2.45, 2.75) is 20.0 Å². The number of ketones is 1. The summed E-state index contributed by atoms with van der Waals surface area (Å²) in [4.78, 5) is 15.8. The highest BCUT2D eigenvalue weighted by atomic mass is 16.5. The number of Topliss-reactive ketones (excluding diaryl/α,β-unsaturated/α-hetero) is 1. The lowest BCUT2D eigenvalue weighted by Crippen LogP contribution is -1.98. The van der Waals surface area contributed by atoms with E-state index in [-0.39, 0.29) is 12.4 Å². The highest BCUT2D eigenvalue weighted by Gasteiger charge is 2.07. The molecule has 1 aromatic heterocycles. The molecule has 116 valence electrons. The van der Waals surface area contributed by atoms with Crippen molar-refractivity contribution in [3.63, 3.8) is 0 Å². The molecule has 0 saturated carbocycles. The minimum absolute atomic E-state index is 0.122. The van der Waals surface area contributed by atoms with Gasteiger partial charge in [-0.1, -0.05) is 37.3 Å². The topological polar surface area (TPSA) is 52.3 Å². The molecule has 0 aliphatic carbocycles. The smallest absolute Gasteiger partial charge is 0.232 e. The third-order valence-corrected chi connectivity index (χ3v) is 3.47. The van der Waals surface area contributed by atoms with Gasteiger partial charge in [0.2, 0.25) is 5.89 Å². The second kappa shape index (κ2) is 6.92. The number of rotatable bonds is 6. The molecule has 0 saturated heterocycles. The summed E-state index contributed by atoms with van der Waals surface area (Å²) >= 11 is 0. The number of nitrogens with zero attached hydrogens (tertiary/aromatic N) is 1. The number of aromatic nitrogens is 1. The molecular formula is C19H17NO3. The zero-order valence-corrected chi connectivity index (χ0v) is 12.9. The van der Waals surface area contributed by atoms with Gasteiger partial charge < -0.3 is 9.15 Å². The second-order valence-electron chi connectivity index (χ2n) is 5.07. The second-order valence-corrected chi connectivity index (χ2v) is 5.07. The Hall–Kier alpha value is -2.88. The minimum Gasteiger partial charge on any atom is -0.484 e. The average Bonchev–Trinajstić information content (AvgIpc) is 3.09. The van der Waals surface area contributed by atoms with Crippen molar-refractivity contribution in [3.05, 3.63) is 72.2 Å². The summed E-state index contributed by atoms with van der Waals surface area (Å²) in [6.45, 7) is 2.09. The molecule has 3 aromatic rings. The number of oxazole rings is 1. The van der Waals surface area contributed by atoms with Gasteiger partial charge in [-0.15, -0.1) is 0 Å². The number of hydrogen-bond acceptors (Lipinski definition) is 4. The Balaban J connectivity index is 1.63. The van der Waals surface area contributed by atoms with Gasteiger partial charge in [0.15, 0.2) is 18.2 Å². The maximum Gasteiger partial charge on any atom is 0.232 e. The minimum atomic E-state index is 0.122. The van der Waals surface area contributed by atoms with E-state index in [9.17, 15) is 4.79 Å². The van der Waals surface area contributed by atoms with E-state index in [0.29, 0.717) is 29.4 Å². The Morgan fingerprint density at radius 3 is 2.52 bits per heavy atom. The lowest BCUT2D eigenvalue weighted by molar-refractivity contribution is 0.0988. The molecule has 0 bridgehead atoms. The summed E-state index contributed by atoms with van der Waals surface area (Å²) in [6.07, 6.45) is 2.19. The fraction of sp³-hybridized carbons (Fsp3) is 0.158. The Morgan fingerprint density at radius 1 is 1.09 bits per heavy atom. The van der Waals surface area contributed by atoms with E-state index < -0.39 is 0 Å². The number of carbonyl (C=O) groups excluding carboxylic acids is 1. The van der Waals surface area contributed by atoms with Crippen molar-refractivity contribution >= 4 is 5.78 Å². The highest BCUT2D eigenvalue weighted by Crippen LogP contribution is 2.21. The maximum absolute atomic E-state index is 11.6. The van der Waals surface area contributed by atoms with Crippen LogP contribution in [-0.2, 0) is 6.61 Å². The van der Waals surface area contributed by atoms with Crippen molar-refractivity contribution in [1.29, 1.82) is 0 Å². The van der Waals surface area contributed by atoms with Gasteiger partial charge in [-0.25, -0.2) is 4.98 Å². The molecule has 4 nitrogen and oxygen atoms in total. The molecular weight excluding hydrogens is 290 g/mol. The molecule has 0 amide bonds. The summed E-state index contributed by atoms with van der Waals surface area (Å²) < 4.78 is 11.3. The summed E-state index contributed by atoms with van der Waals surface area (Å²) in [5.41, 5.74) is 1.68. The molecule has 0 aliphatic heterocycles. The first kappa shape index (κ1) is 15.0. The standard InChI is InChI=1S/C19H17NO3/c1-2-17(21)14-8-10-16(11-9-14)22-13-19-20-12-18(23-19)15-6-4-3-5-7-15/h3-12H,2,13H2,1H3. The van der Waals surface area contributed by atoms with E-state index in [1.165, 1.54) is 0 Å². The van der Waals surface area contributed by atoms with Gasteiger partial charge >= 0.3 is 0 Å². The third-order valence-electron chi connectivity index (χ3n) is 3.47. The van der Waals surface area contributed by atoms with Crippen molar-refractivity contribution in [3.8, 4) is 17.1 Å². The number of benzene rings is 2. The summed E-state index contributed by atoms with van der Waals surface area (Å²) in [6, 6.07) is 16.9. The largest absolute Gasteiger partial charge is 0.484 e. The van der Waals surface area contributed by atoms with Crippen LogP contribution in [0, 0.1) is 0 Å². The van der Waals surface area contributed by atoms with E-state index in [2.05, 4.69) is 4.98 Å². The predicted octanol–water partition coefficient (Wildman–Crippen LogP) is 4.51. The van der Waals surface area contributed by atoms with Crippen LogP contribution in [0.15, 0.2) is 65.2 Å². The average molecular weight is 307 g/mol. The summed E-state index contributed by atoms with van der Waals surface area (Å²) in [5, 5.41) is 0. The maximum atomic E-state index is 11.6. The molecule has 0 aliphatic rings. The van der Waals surface area contributed by atoms with Crippen LogP contribution in [-0.4, -0.2) is 10.8 Å². The molecule has 3 rings (SSSR count). The van der Waals surface area contributed by atoms with Crippen LogP contribution in [0.2, 0.25) is 0 Å². The van der Waals surface area contributed by atoms with E-state index in [1.807, 2.05) is 37.3 Å². The molecule has 2 aromatic carbocycles. The molecule has 0 spiro atoms. The number of carbonyl (C=O) groups is 1. The molecule has 0 radical (unpaired) electrons. The van der Waals surface area contributed by atoms with E-state index in [4.69, 9.17) is 9.15 Å². The van der Waals surface area contributed by atoms with Gasteiger partial charge in [0.25, 0.3) is 0 Å². The first-order valence-electron chi connectivity index (χ1n) is 7.52. The van der Waals surface area contributed by atoms with Crippen LogP contribution in [0.25, 0.3) is 11.3 Å². The monoisotopic (exact) mass is 307 g/mol. The van der Waals surface area contributed by atoms with Crippen LogP contribution in [0.1, 0.15) is 29.6 Å². The Morgan fingerprint density at radius 2 is 1.83 bits per heavy atom. The fourth-order valence-electron chi connectivity index (χ4n) is 2.20. The van der Waals surface area contributed by atoms with Gasteiger partial charge in [-0.05, 0) is 24.3 Å².